The van der Waals surface area contributed by atoms with Crippen molar-refractivity contribution in [1.29, 1.82) is 0 Å². The molecule has 4 nitrogen and oxygen atoms in total. The summed E-state index contributed by atoms with van der Waals surface area (Å²) in [4.78, 5) is 7.14. The monoisotopic (exact) mass is 215 g/mol. The molecule has 0 radical (unpaired) electrons. The number of hydrogen-bond donors (Lipinski definition) is 3. The summed E-state index contributed by atoms with van der Waals surface area (Å²) in [7, 11) is 0. The minimum atomic E-state index is 0.0557. The lowest BCUT2D eigenvalue weighted by atomic mass is 10.0. The number of hydrogen-bond acceptors (Lipinski definition) is 3. The SMILES string of the molecule is Oc1ccc2c(C3=CCNCC3)c[nH]c2n1. The largest absolute Gasteiger partial charge is 0.493 e. The topological polar surface area (TPSA) is 60.9 Å². The second-order valence-electron chi connectivity index (χ2n) is 3.95. The minimum absolute atomic E-state index is 0.0557. The molecule has 1 aliphatic heterocycles. The maximum absolute atomic E-state index is 9.29. The molecule has 2 aromatic rings. The lowest BCUT2D eigenvalue weighted by molar-refractivity contribution is 0.455. The van der Waals surface area contributed by atoms with E-state index in [0.29, 0.717) is 0 Å². The number of H-pyrrole nitrogens is 1. The van der Waals surface area contributed by atoms with Crippen LogP contribution >= 0.6 is 0 Å². The van der Waals surface area contributed by atoms with Crippen LogP contribution in [-0.4, -0.2) is 28.2 Å². The zero-order chi connectivity index (χ0) is 11.0. The highest BCUT2D eigenvalue weighted by molar-refractivity contribution is 5.91. The van der Waals surface area contributed by atoms with E-state index in [0.717, 1.165) is 30.5 Å². The molecule has 3 N–H and O–H groups in total. The number of pyridine rings is 1. The summed E-state index contributed by atoms with van der Waals surface area (Å²) in [6, 6.07) is 3.54. The number of fused-ring (bicyclic) bond motifs is 1. The van der Waals surface area contributed by atoms with Crippen molar-refractivity contribution in [3.8, 4) is 5.88 Å². The third-order valence-electron chi connectivity index (χ3n) is 2.93. The molecule has 0 amide bonds. The summed E-state index contributed by atoms with van der Waals surface area (Å²) in [5, 5.41) is 13.7. The van der Waals surface area contributed by atoms with Crippen molar-refractivity contribution < 1.29 is 5.11 Å². The van der Waals surface area contributed by atoms with E-state index in [1.807, 2.05) is 12.3 Å². The summed E-state index contributed by atoms with van der Waals surface area (Å²) >= 11 is 0. The highest BCUT2D eigenvalue weighted by Crippen LogP contribution is 2.27. The fraction of sp³-hybridized carbons (Fsp3) is 0.250. The summed E-state index contributed by atoms with van der Waals surface area (Å²) < 4.78 is 0. The van der Waals surface area contributed by atoms with Gasteiger partial charge in [0.05, 0.1) is 0 Å². The van der Waals surface area contributed by atoms with Crippen LogP contribution < -0.4 is 5.32 Å². The summed E-state index contributed by atoms with van der Waals surface area (Å²) in [6.07, 6.45) is 5.21. The van der Waals surface area contributed by atoms with Gasteiger partial charge in [-0.25, -0.2) is 0 Å². The van der Waals surface area contributed by atoms with Crippen LogP contribution in [0.3, 0.4) is 0 Å². The van der Waals surface area contributed by atoms with Crippen LogP contribution in [0.4, 0.5) is 0 Å². The van der Waals surface area contributed by atoms with Crippen molar-refractivity contribution >= 4 is 16.6 Å². The molecule has 16 heavy (non-hydrogen) atoms. The van der Waals surface area contributed by atoms with Gasteiger partial charge in [0.25, 0.3) is 0 Å². The summed E-state index contributed by atoms with van der Waals surface area (Å²) in [5.74, 6) is 0.0557. The number of aromatic amines is 1. The van der Waals surface area contributed by atoms with Gasteiger partial charge >= 0.3 is 0 Å². The zero-order valence-corrected chi connectivity index (χ0v) is 8.83. The van der Waals surface area contributed by atoms with E-state index >= 15 is 0 Å². The molecule has 0 aliphatic carbocycles. The first-order chi connectivity index (χ1) is 7.84. The Morgan fingerprint density at radius 3 is 3.06 bits per heavy atom. The van der Waals surface area contributed by atoms with Crippen LogP contribution in [0.2, 0.25) is 0 Å². The van der Waals surface area contributed by atoms with Gasteiger partial charge in [-0.2, -0.15) is 4.98 Å². The van der Waals surface area contributed by atoms with Crippen LogP contribution in [0.25, 0.3) is 16.6 Å². The van der Waals surface area contributed by atoms with Gasteiger partial charge in [0.1, 0.15) is 5.65 Å². The molecule has 0 saturated carbocycles. The second-order valence-corrected chi connectivity index (χ2v) is 3.95. The molecule has 0 spiro atoms. The van der Waals surface area contributed by atoms with Gasteiger partial charge in [0, 0.05) is 29.8 Å². The third-order valence-corrected chi connectivity index (χ3v) is 2.93. The Morgan fingerprint density at radius 1 is 1.31 bits per heavy atom. The Hall–Kier alpha value is -1.81. The van der Waals surface area contributed by atoms with E-state index in [1.165, 1.54) is 11.1 Å². The summed E-state index contributed by atoms with van der Waals surface area (Å²) in [5.41, 5.74) is 3.29. The first-order valence-corrected chi connectivity index (χ1v) is 5.42. The van der Waals surface area contributed by atoms with E-state index in [-0.39, 0.29) is 5.88 Å². The van der Waals surface area contributed by atoms with E-state index in [2.05, 4.69) is 21.4 Å². The molecular weight excluding hydrogens is 202 g/mol. The molecular formula is C12H13N3O. The Kier molecular flexibility index (Phi) is 2.15. The first-order valence-electron chi connectivity index (χ1n) is 5.42. The lowest BCUT2D eigenvalue weighted by Gasteiger charge is -2.13. The molecule has 0 atom stereocenters. The molecule has 2 aromatic heterocycles. The van der Waals surface area contributed by atoms with Gasteiger partial charge in [-0.1, -0.05) is 6.08 Å². The van der Waals surface area contributed by atoms with Crippen molar-refractivity contribution in [2.24, 2.45) is 0 Å². The van der Waals surface area contributed by atoms with Crippen LogP contribution in [0.5, 0.6) is 5.88 Å². The molecule has 4 heteroatoms. The summed E-state index contributed by atoms with van der Waals surface area (Å²) in [6.45, 7) is 1.94. The molecule has 3 rings (SSSR count). The Bertz CT molecular complexity index is 556. The van der Waals surface area contributed by atoms with Gasteiger partial charge in [0.15, 0.2) is 0 Å². The molecule has 0 aromatic carbocycles. The van der Waals surface area contributed by atoms with Crippen molar-refractivity contribution in [1.82, 2.24) is 15.3 Å². The van der Waals surface area contributed by atoms with Gasteiger partial charge in [-0.15, -0.1) is 0 Å². The van der Waals surface area contributed by atoms with Gasteiger partial charge in [-0.05, 0) is 24.6 Å². The number of nitrogens with zero attached hydrogens (tertiary/aromatic N) is 1. The average Bonchev–Trinajstić information content (AvgIpc) is 2.73. The molecule has 1 aliphatic rings. The zero-order valence-electron chi connectivity index (χ0n) is 8.83. The number of rotatable bonds is 1. The predicted octanol–water partition coefficient (Wildman–Crippen LogP) is 1.65. The van der Waals surface area contributed by atoms with Crippen molar-refractivity contribution in [2.75, 3.05) is 13.1 Å². The Morgan fingerprint density at radius 2 is 2.25 bits per heavy atom. The Balaban J connectivity index is 2.13. The second kappa shape index (κ2) is 3.64. The molecule has 82 valence electrons. The number of aromatic hydroxyl groups is 1. The van der Waals surface area contributed by atoms with Crippen LogP contribution in [-0.2, 0) is 0 Å². The Labute approximate surface area is 93.0 Å². The van der Waals surface area contributed by atoms with Crippen LogP contribution in [0.1, 0.15) is 12.0 Å². The van der Waals surface area contributed by atoms with E-state index in [9.17, 15) is 5.11 Å². The highest BCUT2D eigenvalue weighted by Gasteiger charge is 2.11. The van der Waals surface area contributed by atoms with Crippen LogP contribution in [0, 0.1) is 0 Å². The van der Waals surface area contributed by atoms with Crippen molar-refractivity contribution in [2.45, 2.75) is 6.42 Å². The third kappa shape index (κ3) is 1.47. The standard InChI is InChI=1S/C12H13N3O/c16-11-2-1-9-10(7-14-12(9)15-11)8-3-5-13-6-4-8/h1-3,7,13H,4-6H2,(H2,14,15,16). The van der Waals surface area contributed by atoms with Gasteiger partial charge in [0.2, 0.25) is 5.88 Å². The van der Waals surface area contributed by atoms with E-state index < -0.39 is 0 Å². The average molecular weight is 215 g/mol. The van der Waals surface area contributed by atoms with E-state index in [1.54, 1.807) is 6.07 Å². The predicted molar refractivity (Wildman–Crippen MR) is 63.2 cm³/mol. The minimum Gasteiger partial charge on any atom is -0.493 e. The normalized spacial score (nSPS) is 16.4. The number of aromatic nitrogens is 2. The highest BCUT2D eigenvalue weighted by atomic mass is 16.3. The van der Waals surface area contributed by atoms with Crippen LogP contribution in [0.15, 0.2) is 24.4 Å². The maximum atomic E-state index is 9.29. The van der Waals surface area contributed by atoms with Crippen molar-refractivity contribution in [3.63, 3.8) is 0 Å². The molecule has 0 saturated heterocycles. The van der Waals surface area contributed by atoms with Crippen molar-refractivity contribution in [3.05, 3.63) is 30.0 Å². The molecule has 0 bridgehead atoms. The molecule has 0 unspecified atom stereocenters. The fourth-order valence-corrected chi connectivity index (χ4v) is 2.13. The molecule has 3 heterocycles. The fourth-order valence-electron chi connectivity index (χ4n) is 2.13. The molecule has 0 fully saturated rings. The first kappa shape index (κ1) is 9.42. The van der Waals surface area contributed by atoms with Gasteiger partial charge < -0.3 is 15.4 Å². The number of nitrogens with one attached hydrogen (secondary N) is 2. The van der Waals surface area contributed by atoms with E-state index in [4.69, 9.17) is 0 Å². The quantitative estimate of drug-likeness (QED) is 0.677. The lowest BCUT2D eigenvalue weighted by Crippen LogP contribution is -2.19. The van der Waals surface area contributed by atoms with Gasteiger partial charge in [-0.3, -0.25) is 0 Å². The smallest absolute Gasteiger partial charge is 0.212 e. The maximum Gasteiger partial charge on any atom is 0.212 e.